The summed E-state index contributed by atoms with van der Waals surface area (Å²) in [5.41, 5.74) is 4.61. The van der Waals surface area contributed by atoms with Gasteiger partial charge in [0.15, 0.2) is 21.3 Å². The third-order valence-electron chi connectivity index (χ3n) is 6.21. The number of benzene rings is 2. The fourth-order valence-electron chi connectivity index (χ4n) is 4.71. The lowest BCUT2D eigenvalue weighted by Gasteiger charge is -2.32. The lowest BCUT2D eigenvalue weighted by Crippen LogP contribution is -2.41. The van der Waals surface area contributed by atoms with Gasteiger partial charge in [0.25, 0.3) is 0 Å². The summed E-state index contributed by atoms with van der Waals surface area (Å²) in [4.78, 5) is 0. The van der Waals surface area contributed by atoms with E-state index in [1.807, 2.05) is 49.4 Å². The van der Waals surface area contributed by atoms with Gasteiger partial charge in [0.1, 0.15) is 0 Å². The molecule has 2 aromatic carbocycles. The fraction of sp³-hybridized carbons (Fsp3) is 0.333. The van der Waals surface area contributed by atoms with Gasteiger partial charge in [-0.05, 0) is 76.8 Å². The van der Waals surface area contributed by atoms with Crippen molar-refractivity contribution in [2.75, 3.05) is 12.9 Å². The number of rotatable bonds is 6. The predicted molar refractivity (Wildman–Crippen MR) is 139 cm³/mol. The molecule has 0 spiro atoms. The normalized spacial score (nSPS) is 22.4. The number of allylic oxidation sites excluding steroid dienone is 1. The highest BCUT2D eigenvalue weighted by molar-refractivity contribution is 14.1. The second-order valence-electron chi connectivity index (χ2n) is 8.47. The van der Waals surface area contributed by atoms with Crippen molar-refractivity contribution in [2.24, 2.45) is 0 Å². The molecular formula is C24H26BIO6S. The summed E-state index contributed by atoms with van der Waals surface area (Å²) in [5.74, 6) is 0.545. The van der Waals surface area contributed by atoms with Gasteiger partial charge in [-0.25, -0.2) is 8.42 Å². The maximum atomic E-state index is 12.6. The number of methoxy groups -OCH3 is 1. The van der Waals surface area contributed by atoms with Gasteiger partial charge < -0.3 is 19.5 Å². The first-order valence-corrected chi connectivity index (χ1v) is 13.6. The summed E-state index contributed by atoms with van der Waals surface area (Å²) in [6.07, 6.45) is 2.85. The van der Waals surface area contributed by atoms with E-state index in [0.29, 0.717) is 22.2 Å². The maximum absolute atomic E-state index is 12.6. The van der Waals surface area contributed by atoms with E-state index in [2.05, 4.69) is 22.6 Å². The van der Waals surface area contributed by atoms with E-state index in [0.717, 1.165) is 27.8 Å². The zero-order valence-corrected chi connectivity index (χ0v) is 21.5. The van der Waals surface area contributed by atoms with Crippen LogP contribution in [0.5, 0.6) is 11.5 Å². The monoisotopic (exact) mass is 580 g/mol. The fourth-order valence-corrected chi connectivity index (χ4v) is 7.50. The van der Waals surface area contributed by atoms with Crippen LogP contribution < -0.4 is 4.74 Å². The Bertz CT molecular complexity index is 1210. The molecular weight excluding hydrogens is 554 g/mol. The van der Waals surface area contributed by atoms with Crippen LogP contribution in [0.1, 0.15) is 30.9 Å². The van der Waals surface area contributed by atoms with Gasteiger partial charge in [0.2, 0.25) is 0 Å². The molecule has 2 N–H and O–H groups in total. The lowest BCUT2D eigenvalue weighted by atomic mass is 9.74. The first-order valence-electron chi connectivity index (χ1n) is 10.8. The number of fused-ring (bicyclic) bond motifs is 1. The molecule has 1 saturated heterocycles. The quantitative estimate of drug-likeness (QED) is 0.229. The van der Waals surface area contributed by atoms with Crippen molar-refractivity contribution in [1.82, 2.24) is 0 Å². The number of aromatic hydroxyl groups is 1. The Morgan fingerprint density at radius 3 is 2.73 bits per heavy atom. The van der Waals surface area contributed by atoms with Crippen LogP contribution in [0.15, 0.2) is 53.6 Å². The summed E-state index contributed by atoms with van der Waals surface area (Å²) in [6.45, 7) is 1.85. The van der Waals surface area contributed by atoms with Gasteiger partial charge in [-0.15, -0.1) is 0 Å². The molecule has 1 fully saturated rings. The van der Waals surface area contributed by atoms with E-state index in [1.54, 1.807) is 6.07 Å². The third-order valence-corrected chi connectivity index (χ3v) is 9.18. The highest BCUT2D eigenvalue weighted by Gasteiger charge is 2.47. The molecule has 4 rings (SSSR count). The van der Waals surface area contributed by atoms with Crippen molar-refractivity contribution in [3.8, 4) is 11.5 Å². The van der Waals surface area contributed by atoms with Crippen molar-refractivity contribution >= 4 is 51.2 Å². The zero-order valence-electron chi connectivity index (χ0n) is 18.5. The van der Waals surface area contributed by atoms with Crippen molar-refractivity contribution in [2.45, 2.75) is 37.4 Å². The largest absolute Gasteiger partial charge is 0.504 e. The van der Waals surface area contributed by atoms with Crippen LogP contribution in [0, 0.1) is 3.57 Å². The minimum Gasteiger partial charge on any atom is -0.504 e. The van der Waals surface area contributed by atoms with Crippen LogP contribution in [-0.2, 0) is 14.5 Å². The molecule has 9 heteroatoms. The molecule has 2 aromatic rings. The van der Waals surface area contributed by atoms with Crippen LogP contribution >= 0.6 is 22.6 Å². The second-order valence-corrected chi connectivity index (χ2v) is 11.8. The molecule has 0 aliphatic carbocycles. The van der Waals surface area contributed by atoms with Crippen LogP contribution in [0.3, 0.4) is 0 Å². The number of hydrogen-bond donors (Lipinski definition) is 2. The number of halogens is 1. The maximum Gasteiger partial charge on any atom is 0.456 e. The van der Waals surface area contributed by atoms with E-state index in [9.17, 15) is 18.5 Å². The second kappa shape index (κ2) is 9.81. The van der Waals surface area contributed by atoms with E-state index in [1.165, 1.54) is 7.11 Å². The van der Waals surface area contributed by atoms with Gasteiger partial charge >= 0.3 is 7.12 Å². The van der Waals surface area contributed by atoms with Crippen LogP contribution in [0.4, 0.5) is 0 Å². The molecule has 174 valence electrons. The summed E-state index contributed by atoms with van der Waals surface area (Å²) in [5, 5.41) is 19.7. The SMILES string of the molecule is COc1cc(/C=C(/CC[C@H]2OB(O)C[C@H]3C2=C(C)CS3(=O)=O)c2ccccc2)cc(I)c1O. The standard InChI is InChI=1S/C24H26BIO6S/c1-15-14-33(29,30)22-13-25(28)32-20(23(15)22)9-8-18(17-6-4-3-5-7-17)10-16-11-19(26)24(27)21(12-16)31-2/h3-7,10-12,20,22,27-28H,8-9,13-14H2,1-2H3/b18-10-/t20-,22+/m1/s1. The van der Waals surface area contributed by atoms with Crippen LogP contribution in [0.2, 0.25) is 6.32 Å². The molecule has 6 nitrogen and oxygen atoms in total. The molecule has 0 amide bonds. The average molecular weight is 580 g/mol. The van der Waals surface area contributed by atoms with Crippen molar-refractivity contribution in [3.63, 3.8) is 0 Å². The molecule has 0 radical (unpaired) electrons. The topological polar surface area (TPSA) is 93.1 Å². The van der Waals surface area contributed by atoms with E-state index in [-0.39, 0.29) is 17.8 Å². The zero-order chi connectivity index (χ0) is 23.8. The number of phenolic OH excluding ortho intramolecular Hbond substituents is 1. The molecule has 0 saturated carbocycles. The summed E-state index contributed by atoms with van der Waals surface area (Å²) in [6, 6.07) is 13.6. The average Bonchev–Trinajstić information content (AvgIpc) is 3.01. The smallest absolute Gasteiger partial charge is 0.456 e. The number of hydrogen-bond acceptors (Lipinski definition) is 6. The van der Waals surface area contributed by atoms with Gasteiger partial charge in [-0.1, -0.05) is 42.0 Å². The van der Waals surface area contributed by atoms with Gasteiger partial charge in [0.05, 0.1) is 27.8 Å². The Hall–Kier alpha value is -1.82. The Morgan fingerprint density at radius 1 is 1.30 bits per heavy atom. The summed E-state index contributed by atoms with van der Waals surface area (Å²) in [7, 11) is -2.85. The molecule has 33 heavy (non-hydrogen) atoms. The summed E-state index contributed by atoms with van der Waals surface area (Å²) >= 11 is 2.07. The van der Waals surface area contributed by atoms with Gasteiger partial charge in [0, 0.05) is 6.32 Å². The first-order chi connectivity index (χ1) is 15.7. The number of phenols is 1. The van der Waals surface area contributed by atoms with E-state index >= 15 is 0 Å². The molecule has 2 heterocycles. The number of sulfone groups is 1. The Labute approximate surface area is 208 Å². The Morgan fingerprint density at radius 2 is 2.03 bits per heavy atom. The molecule has 2 aliphatic rings. The Balaban J connectivity index is 1.66. The molecule has 0 unspecified atom stereocenters. The van der Waals surface area contributed by atoms with Crippen molar-refractivity contribution in [1.29, 1.82) is 0 Å². The minimum absolute atomic E-state index is 0.0344. The van der Waals surface area contributed by atoms with Gasteiger partial charge in [-0.2, -0.15) is 0 Å². The van der Waals surface area contributed by atoms with E-state index < -0.39 is 28.3 Å². The molecule has 2 atom stereocenters. The minimum atomic E-state index is -3.29. The van der Waals surface area contributed by atoms with Gasteiger partial charge in [-0.3, -0.25) is 0 Å². The highest BCUT2D eigenvalue weighted by atomic mass is 127. The molecule has 2 aliphatic heterocycles. The Kier molecular flexibility index (Phi) is 7.23. The van der Waals surface area contributed by atoms with Crippen molar-refractivity contribution in [3.05, 3.63) is 68.3 Å². The molecule has 0 bridgehead atoms. The molecule has 0 aromatic heterocycles. The highest BCUT2D eigenvalue weighted by Crippen LogP contribution is 2.40. The lowest BCUT2D eigenvalue weighted by molar-refractivity contribution is 0.171. The first kappa shape index (κ1) is 24.3. The predicted octanol–water partition coefficient (Wildman–Crippen LogP) is 4.32. The third kappa shape index (κ3) is 5.16. The van der Waals surface area contributed by atoms with E-state index in [4.69, 9.17) is 9.39 Å². The number of ether oxygens (including phenoxy) is 1. The van der Waals surface area contributed by atoms with Crippen molar-refractivity contribution < 1.29 is 27.9 Å². The van der Waals surface area contributed by atoms with Crippen LogP contribution in [0.25, 0.3) is 11.6 Å². The van der Waals surface area contributed by atoms with Crippen LogP contribution in [-0.4, -0.2) is 49.9 Å². The summed E-state index contributed by atoms with van der Waals surface area (Å²) < 4.78 is 36.9.